The largest absolute Gasteiger partial charge is 0.325 e. The Labute approximate surface area is 180 Å². The zero-order chi connectivity index (χ0) is 21.3. The van der Waals surface area contributed by atoms with Gasteiger partial charge in [0.1, 0.15) is 11.2 Å². The molecule has 0 saturated carbocycles. The van der Waals surface area contributed by atoms with E-state index in [0.29, 0.717) is 26.5 Å². The molecule has 0 bridgehead atoms. The molecular weight excluding hydrogens is 422 g/mol. The van der Waals surface area contributed by atoms with Crippen LogP contribution in [0.3, 0.4) is 0 Å². The molecule has 0 unspecified atom stereocenters. The molecule has 0 aliphatic carbocycles. The normalized spacial score (nSPS) is 10.9. The molecule has 8 heteroatoms. The smallest absolute Gasteiger partial charge is 0.271 e. The van der Waals surface area contributed by atoms with Crippen LogP contribution in [0, 0.1) is 0 Å². The van der Waals surface area contributed by atoms with E-state index in [1.54, 1.807) is 36.4 Å². The third kappa shape index (κ3) is 4.17. The van der Waals surface area contributed by atoms with Crippen molar-refractivity contribution in [3.05, 3.63) is 81.9 Å². The van der Waals surface area contributed by atoms with E-state index in [4.69, 9.17) is 11.6 Å². The van der Waals surface area contributed by atoms with Crippen molar-refractivity contribution in [2.45, 2.75) is 13.5 Å². The van der Waals surface area contributed by atoms with Gasteiger partial charge in [0.15, 0.2) is 5.78 Å². The topological polar surface area (TPSA) is 81.1 Å². The van der Waals surface area contributed by atoms with Crippen molar-refractivity contribution >= 4 is 50.5 Å². The molecule has 2 heterocycles. The number of carbonyl (C=O) groups excluding carboxylic acids is 2. The average molecular weight is 438 g/mol. The van der Waals surface area contributed by atoms with Gasteiger partial charge in [-0.2, -0.15) is 0 Å². The molecule has 6 nitrogen and oxygen atoms in total. The molecule has 150 valence electrons. The Balaban J connectivity index is 1.57. The number of rotatable bonds is 5. The lowest BCUT2D eigenvalue weighted by atomic mass is 10.1. The Morgan fingerprint density at radius 3 is 2.63 bits per heavy atom. The molecule has 2 aromatic carbocycles. The molecule has 0 aliphatic heterocycles. The molecule has 0 atom stereocenters. The van der Waals surface area contributed by atoms with Crippen LogP contribution < -0.4 is 10.9 Å². The van der Waals surface area contributed by atoms with E-state index in [0.717, 1.165) is 10.4 Å². The first-order valence-corrected chi connectivity index (χ1v) is 10.3. The molecule has 0 aliphatic rings. The highest BCUT2D eigenvalue weighted by atomic mass is 35.5. The number of thiophene rings is 1. The Hall–Kier alpha value is -3.29. The third-order valence-electron chi connectivity index (χ3n) is 4.50. The van der Waals surface area contributed by atoms with Gasteiger partial charge in [0.05, 0.1) is 11.8 Å². The quantitative estimate of drug-likeness (QED) is 0.462. The van der Waals surface area contributed by atoms with Gasteiger partial charge in [0, 0.05) is 21.2 Å². The third-order valence-corrected chi connectivity index (χ3v) is 5.91. The summed E-state index contributed by atoms with van der Waals surface area (Å²) < 4.78 is 1.75. The average Bonchev–Trinajstić information content (AvgIpc) is 3.16. The number of benzene rings is 2. The van der Waals surface area contributed by atoms with E-state index in [1.165, 1.54) is 29.2 Å². The lowest BCUT2D eigenvalue weighted by Gasteiger charge is -2.08. The van der Waals surface area contributed by atoms with Crippen LogP contribution in [0.1, 0.15) is 17.3 Å². The van der Waals surface area contributed by atoms with Crippen molar-refractivity contribution in [3.8, 4) is 10.4 Å². The van der Waals surface area contributed by atoms with E-state index in [2.05, 4.69) is 10.3 Å². The monoisotopic (exact) mass is 437 g/mol. The minimum Gasteiger partial charge on any atom is -0.325 e. The van der Waals surface area contributed by atoms with Gasteiger partial charge >= 0.3 is 0 Å². The number of hydrogen-bond acceptors (Lipinski definition) is 5. The van der Waals surface area contributed by atoms with E-state index in [9.17, 15) is 14.4 Å². The Bertz CT molecular complexity index is 1330. The number of nitrogens with one attached hydrogen (secondary N) is 1. The Kier molecular flexibility index (Phi) is 5.48. The number of carbonyl (C=O) groups is 2. The van der Waals surface area contributed by atoms with E-state index >= 15 is 0 Å². The van der Waals surface area contributed by atoms with Gasteiger partial charge < -0.3 is 5.32 Å². The molecule has 0 saturated heterocycles. The minimum atomic E-state index is -0.381. The van der Waals surface area contributed by atoms with Crippen LogP contribution in [0.5, 0.6) is 0 Å². The van der Waals surface area contributed by atoms with Crippen LogP contribution >= 0.6 is 22.9 Å². The summed E-state index contributed by atoms with van der Waals surface area (Å²) in [6.45, 7) is 1.28. The molecule has 4 rings (SSSR count). The number of aromatic nitrogens is 2. The first-order valence-electron chi connectivity index (χ1n) is 9.06. The molecule has 1 amide bonds. The SMILES string of the molecule is CC(=O)c1cccc(NC(=O)Cn2cnc3cc(-c4ccc(Cl)cc4)sc3c2=O)c1. The maximum absolute atomic E-state index is 12.8. The number of fused-ring (bicyclic) bond motifs is 1. The Morgan fingerprint density at radius 2 is 1.90 bits per heavy atom. The molecule has 0 fully saturated rings. The van der Waals surface area contributed by atoms with E-state index in [-0.39, 0.29) is 23.8 Å². The molecular formula is C22H16ClN3O3S. The number of amides is 1. The number of ketones is 1. The van der Waals surface area contributed by atoms with Crippen LogP contribution in [-0.4, -0.2) is 21.2 Å². The van der Waals surface area contributed by atoms with Crippen LogP contribution in [-0.2, 0) is 11.3 Å². The van der Waals surface area contributed by atoms with Crippen molar-refractivity contribution in [3.63, 3.8) is 0 Å². The van der Waals surface area contributed by atoms with Crippen molar-refractivity contribution in [2.24, 2.45) is 0 Å². The number of anilines is 1. The van der Waals surface area contributed by atoms with Gasteiger partial charge in [-0.1, -0.05) is 35.9 Å². The van der Waals surface area contributed by atoms with Gasteiger partial charge in [-0.15, -0.1) is 11.3 Å². The summed E-state index contributed by atoms with van der Waals surface area (Å²) in [5, 5.41) is 3.35. The molecule has 30 heavy (non-hydrogen) atoms. The van der Waals surface area contributed by atoms with Gasteiger partial charge in [-0.05, 0) is 42.8 Å². The summed E-state index contributed by atoms with van der Waals surface area (Å²) in [7, 11) is 0. The summed E-state index contributed by atoms with van der Waals surface area (Å²) in [5.74, 6) is -0.473. The standard InChI is InChI=1S/C22H16ClN3O3S/c1-13(27)15-3-2-4-17(9-15)25-20(28)11-26-12-24-18-10-19(30-21(18)22(26)29)14-5-7-16(23)8-6-14/h2-10,12H,11H2,1H3,(H,25,28). The zero-order valence-electron chi connectivity index (χ0n) is 15.9. The summed E-state index contributed by atoms with van der Waals surface area (Å²) in [5.41, 5.74) is 2.24. The highest BCUT2D eigenvalue weighted by molar-refractivity contribution is 7.22. The van der Waals surface area contributed by atoms with Crippen molar-refractivity contribution in [2.75, 3.05) is 5.32 Å². The summed E-state index contributed by atoms with van der Waals surface area (Å²) in [6, 6.07) is 15.8. The molecule has 4 aromatic rings. The summed E-state index contributed by atoms with van der Waals surface area (Å²) >= 11 is 7.26. The van der Waals surface area contributed by atoms with Crippen molar-refractivity contribution in [1.29, 1.82) is 0 Å². The molecule has 0 spiro atoms. The van der Waals surface area contributed by atoms with Crippen LogP contribution in [0.15, 0.2) is 65.7 Å². The fourth-order valence-corrected chi connectivity index (χ4v) is 4.18. The lowest BCUT2D eigenvalue weighted by molar-refractivity contribution is -0.116. The molecule has 2 aromatic heterocycles. The second kappa shape index (κ2) is 8.22. The van der Waals surface area contributed by atoms with Gasteiger partial charge in [0.25, 0.3) is 5.56 Å². The van der Waals surface area contributed by atoms with Crippen LogP contribution in [0.2, 0.25) is 5.02 Å². The van der Waals surface area contributed by atoms with Gasteiger partial charge in [-0.3, -0.25) is 19.0 Å². The summed E-state index contributed by atoms with van der Waals surface area (Å²) in [6.07, 6.45) is 1.37. The second-order valence-electron chi connectivity index (χ2n) is 6.69. The number of hydrogen-bond donors (Lipinski definition) is 1. The fourth-order valence-electron chi connectivity index (χ4n) is 2.99. The molecule has 1 N–H and O–H groups in total. The van der Waals surface area contributed by atoms with Crippen LogP contribution in [0.25, 0.3) is 20.7 Å². The predicted molar refractivity (Wildman–Crippen MR) is 119 cm³/mol. The first-order chi connectivity index (χ1) is 14.4. The van der Waals surface area contributed by atoms with E-state index in [1.807, 2.05) is 18.2 Å². The second-order valence-corrected chi connectivity index (χ2v) is 8.18. The zero-order valence-corrected chi connectivity index (χ0v) is 17.5. The maximum Gasteiger partial charge on any atom is 0.271 e. The fraction of sp³-hybridized carbons (Fsp3) is 0.0909. The highest BCUT2D eigenvalue weighted by Crippen LogP contribution is 2.31. The highest BCUT2D eigenvalue weighted by Gasteiger charge is 2.13. The van der Waals surface area contributed by atoms with Crippen molar-refractivity contribution < 1.29 is 9.59 Å². The van der Waals surface area contributed by atoms with E-state index < -0.39 is 0 Å². The number of halogens is 1. The Morgan fingerprint density at radius 1 is 1.13 bits per heavy atom. The first kappa shape index (κ1) is 20.0. The predicted octanol–water partition coefficient (Wildman–Crippen LogP) is 4.62. The van der Waals surface area contributed by atoms with Crippen LogP contribution in [0.4, 0.5) is 5.69 Å². The molecule has 0 radical (unpaired) electrons. The maximum atomic E-state index is 12.8. The lowest BCUT2D eigenvalue weighted by Crippen LogP contribution is -2.27. The van der Waals surface area contributed by atoms with Crippen molar-refractivity contribution in [1.82, 2.24) is 9.55 Å². The summed E-state index contributed by atoms with van der Waals surface area (Å²) in [4.78, 5) is 42.0. The van der Waals surface area contributed by atoms with Gasteiger partial charge in [-0.25, -0.2) is 4.98 Å². The number of nitrogens with zero attached hydrogens (tertiary/aromatic N) is 2. The van der Waals surface area contributed by atoms with Gasteiger partial charge in [0.2, 0.25) is 5.91 Å². The number of Topliss-reactive ketones (excluding diaryl/α,β-unsaturated/α-hetero) is 1. The minimum absolute atomic E-state index is 0.0915.